The van der Waals surface area contributed by atoms with Crippen LogP contribution in [0, 0.1) is 0 Å². The van der Waals surface area contributed by atoms with Gasteiger partial charge in [-0.15, -0.1) is 0 Å². The lowest BCUT2D eigenvalue weighted by atomic mass is 10.1. The summed E-state index contributed by atoms with van der Waals surface area (Å²) < 4.78 is 8.20. The van der Waals surface area contributed by atoms with E-state index >= 15 is 0 Å². The number of hydrogen-bond acceptors (Lipinski definition) is 3. The van der Waals surface area contributed by atoms with Crippen LogP contribution in [0.3, 0.4) is 0 Å². The molecular weight excluding hydrogens is 314 g/mol. The van der Waals surface area contributed by atoms with E-state index in [4.69, 9.17) is 4.74 Å². The monoisotopic (exact) mass is 335 g/mol. The number of aryl methyl sites for hydroxylation is 1. The van der Waals surface area contributed by atoms with E-state index in [2.05, 4.69) is 34.6 Å². The average molecular weight is 335 g/mol. The molecule has 5 nitrogen and oxygen atoms in total. The van der Waals surface area contributed by atoms with Crippen molar-refractivity contribution in [2.24, 2.45) is 0 Å². The molecule has 0 radical (unpaired) electrons. The van der Waals surface area contributed by atoms with Gasteiger partial charge in [0.05, 0.1) is 12.9 Å². The van der Waals surface area contributed by atoms with Gasteiger partial charge in [0.25, 0.3) is 0 Å². The highest BCUT2D eigenvalue weighted by Crippen LogP contribution is 2.19. The predicted octanol–water partition coefficient (Wildman–Crippen LogP) is 3.53. The molecule has 1 aromatic heterocycles. The highest BCUT2D eigenvalue weighted by molar-refractivity contribution is 5.71. The molecule has 0 aliphatic rings. The Labute approximate surface area is 147 Å². The first-order valence-electron chi connectivity index (χ1n) is 8.30. The summed E-state index contributed by atoms with van der Waals surface area (Å²) in [7, 11) is 0. The molecule has 25 heavy (non-hydrogen) atoms. The molecule has 1 N–H and O–H groups in total. The zero-order valence-electron chi connectivity index (χ0n) is 13.9. The predicted molar refractivity (Wildman–Crippen MR) is 97.5 cm³/mol. The smallest absolute Gasteiger partial charge is 0.211 e. The minimum Gasteiger partial charge on any atom is -0.489 e. The lowest BCUT2D eigenvalue weighted by Crippen LogP contribution is -2.23. The molecule has 0 saturated carbocycles. The van der Waals surface area contributed by atoms with Crippen LogP contribution in [0.25, 0.3) is 0 Å². The highest BCUT2D eigenvalue weighted by atomic mass is 16.5. The second kappa shape index (κ2) is 8.68. The Morgan fingerprint density at radius 2 is 1.92 bits per heavy atom. The fourth-order valence-corrected chi connectivity index (χ4v) is 2.68. The van der Waals surface area contributed by atoms with Crippen molar-refractivity contribution in [3.05, 3.63) is 78.9 Å². The van der Waals surface area contributed by atoms with E-state index in [1.807, 2.05) is 41.1 Å². The molecule has 0 aliphatic carbocycles. The van der Waals surface area contributed by atoms with Crippen molar-refractivity contribution in [2.75, 3.05) is 5.32 Å². The number of anilines is 1. The number of nitrogens with zero attached hydrogens (tertiary/aromatic N) is 2. The normalized spacial score (nSPS) is 11.7. The van der Waals surface area contributed by atoms with E-state index in [0.717, 1.165) is 30.8 Å². The number of carbonyl (C=O) groups excluding carboxylic acids is 1. The summed E-state index contributed by atoms with van der Waals surface area (Å²) in [6.07, 6.45) is 8.05. The van der Waals surface area contributed by atoms with E-state index in [1.54, 1.807) is 12.5 Å². The van der Waals surface area contributed by atoms with Gasteiger partial charge in [-0.25, -0.2) is 4.98 Å². The molecule has 0 aliphatic heterocycles. The molecule has 0 bridgehead atoms. The third-order valence-corrected chi connectivity index (χ3v) is 3.95. The van der Waals surface area contributed by atoms with Crippen molar-refractivity contribution in [3.8, 4) is 5.75 Å². The van der Waals surface area contributed by atoms with E-state index in [-0.39, 0.29) is 6.10 Å². The van der Waals surface area contributed by atoms with Gasteiger partial charge in [0.15, 0.2) is 0 Å². The Bertz CT molecular complexity index is 755. The zero-order valence-corrected chi connectivity index (χ0v) is 13.9. The first-order chi connectivity index (χ1) is 12.3. The molecular formula is C20H21N3O2. The molecule has 0 saturated heterocycles. The van der Waals surface area contributed by atoms with Gasteiger partial charge in [0, 0.05) is 18.1 Å². The van der Waals surface area contributed by atoms with Gasteiger partial charge >= 0.3 is 0 Å². The summed E-state index contributed by atoms with van der Waals surface area (Å²) in [6.45, 7) is 0.737. The van der Waals surface area contributed by atoms with E-state index in [1.165, 1.54) is 5.56 Å². The lowest BCUT2D eigenvalue weighted by Gasteiger charge is -2.20. The van der Waals surface area contributed by atoms with Crippen LogP contribution in [0.5, 0.6) is 5.75 Å². The van der Waals surface area contributed by atoms with Crippen LogP contribution in [-0.2, 0) is 17.8 Å². The van der Waals surface area contributed by atoms with Crippen LogP contribution in [0.15, 0.2) is 73.3 Å². The van der Waals surface area contributed by atoms with Crippen molar-refractivity contribution in [2.45, 2.75) is 25.5 Å². The van der Waals surface area contributed by atoms with E-state index < -0.39 is 0 Å². The first-order valence-corrected chi connectivity index (χ1v) is 8.30. The van der Waals surface area contributed by atoms with Gasteiger partial charge < -0.3 is 14.6 Å². The van der Waals surface area contributed by atoms with E-state index in [0.29, 0.717) is 6.41 Å². The Kier molecular flexibility index (Phi) is 5.82. The largest absolute Gasteiger partial charge is 0.489 e. The highest BCUT2D eigenvalue weighted by Gasteiger charge is 2.12. The fraction of sp³-hybridized carbons (Fsp3) is 0.200. The minimum atomic E-state index is 0.0271. The summed E-state index contributed by atoms with van der Waals surface area (Å²) in [5.41, 5.74) is 2.05. The first kappa shape index (κ1) is 16.8. The zero-order chi connectivity index (χ0) is 17.3. The number of ether oxygens (including phenoxy) is 1. The molecule has 1 unspecified atom stereocenters. The summed E-state index contributed by atoms with van der Waals surface area (Å²) in [5.74, 6) is 0.787. The molecule has 1 heterocycles. The Balaban J connectivity index is 1.65. The average Bonchev–Trinajstić information content (AvgIpc) is 3.15. The Morgan fingerprint density at radius 3 is 2.60 bits per heavy atom. The Hall–Kier alpha value is -3.08. The molecule has 0 fully saturated rings. The number of nitrogens with one attached hydrogen (secondary N) is 1. The maximum atomic E-state index is 10.5. The summed E-state index contributed by atoms with van der Waals surface area (Å²) in [5, 5.41) is 2.62. The standard InChI is InChI=1S/C20H21N3O2/c24-16-22-18-7-10-19(11-8-18)25-20(14-23-13-12-21-15-23)9-6-17-4-2-1-3-5-17/h1-5,7-8,10-13,15-16,20H,6,9,14H2,(H,22,24). The quantitative estimate of drug-likeness (QED) is 0.609. The van der Waals surface area contributed by atoms with Crippen LogP contribution < -0.4 is 10.1 Å². The molecule has 3 rings (SSSR count). The SMILES string of the molecule is O=CNc1ccc(OC(CCc2ccccc2)Cn2ccnc2)cc1. The van der Waals surface area contributed by atoms with Crippen molar-refractivity contribution in [3.63, 3.8) is 0 Å². The van der Waals surface area contributed by atoms with Gasteiger partial charge in [-0.2, -0.15) is 0 Å². The van der Waals surface area contributed by atoms with Gasteiger partial charge in [-0.1, -0.05) is 30.3 Å². The van der Waals surface area contributed by atoms with Crippen molar-refractivity contribution in [1.29, 1.82) is 0 Å². The van der Waals surface area contributed by atoms with Crippen molar-refractivity contribution >= 4 is 12.1 Å². The van der Waals surface area contributed by atoms with Crippen LogP contribution in [0.1, 0.15) is 12.0 Å². The summed E-state index contributed by atoms with van der Waals surface area (Å²) in [6, 6.07) is 17.8. The second-order valence-corrected chi connectivity index (χ2v) is 5.81. The van der Waals surface area contributed by atoms with E-state index in [9.17, 15) is 4.79 Å². The summed E-state index contributed by atoms with van der Waals surface area (Å²) >= 11 is 0. The number of hydrogen-bond donors (Lipinski definition) is 1. The van der Waals surface area contributed by atoms with Gasteiger partial charge in [0.2, 0.25) is 6.41 Å². The fourth-order valence-electron chi connectivity index (χ4n) is 2.68. The molecule has 128 valence electrons. The molecule has 1 atom stereocenters. The maximum absolute atomic E-state index is 10.5. The third kappa shape index (κ3) is 5.21. The number of amides is 1. The van der Waals surface area contributed by atoms with Crippen molar-refractivity contribution < 1.29 is 9.53 Å². The number of rotatable bonds is 9. The number of imidazole rings is 1. The van der Waals surface area contributed by atoms with Crippen LogP contribution in [0.4, 0.5) is 5.69 Å². The minimum absolute atomic E-state index is 0.0271. The second-order valence-electron chi connectivity index (χ2n) is 5.81. The third-order valence-electron chi connectivity index (χ3n) is 3.95. The molecule has 1 amide bonds. The van der Waals surface area contributed by atoms with Gasteiger partial charge in [0.1, 0.15) is 11.9 Å². The summed E-state index contributed by atoms with van der Waals surface area (Å²) in [4.78, 5) is 14.6. The molecule has 2 aromatic carbocycles. The maximum Gasteiger partial charge on any atom is 0.211 e. The topological polar surface area (TPSA) is 56.1 Å². The van der Waals surface area contributed by atoms with Crippen molar-refractivity contribution in [1.82, 2.24) is 9.55 Å². The Morgan fingerprint density at radius 1 is 1.12 bits per heavy atom. The van der Waals surface area contributed by atoms with Gasteiger partial charge in [-0.3, -0.25) is 4.79 Å². The number of carbonyl (C=O) groups is 1. The lowest BCUT2D eigenvalue weighted by molar-refractivity contribution is -0.105. The molecule has 5 heteroatoms. The number of aromatic nitrogens is 2. The van der Waals surface area contributed by atoms with Crippen LogP contribution in [-0.4, -0.2) is 22.1 Å². The van der Waals surface area contributed by atoms with Crippen LogP contribution in [0.2, 0.25) is 0 Å². The molecule has 0 spiro atoms. The number of benzene rings is 2. The van der Waals surface area contributed by atoms with Gasteiger partial charge in [-0.05, 0) is 42.7 Å². The molecule has 3 aromatic rings. The van der Waals surface area contributed by atoms with Crippen LogP contribution >= 0.6 is 0 Å².